The molecule has 0 aromatic heterocycles. The van der Waals surface area contributed by atoms with Gasteiger partial charge in [0, 0.05) is 0 Å². The van der Waals surface area contributed by atoms with Crippen LogP contribution in [-0.2, 0) is 10.4 Å². The number of ether oxygens (including phenoxy) is 1. The van der Waals surface area contributed by atoms with Crippen molar-refractivity contribution >= 4 is 10.4 Å². The largest absolute Gasteiger partial charge is 0.490 e. The molecule has 0 bridgehead atoms. The van der Waals surface area contributed by atoms with Crippen LogP contribution in [0.2, 0.25) is 0 Å². The molecule has 2 N–H and O–H groups in total. The summed E-state index contributed by atoms with van der Waals surface area (Å²) in [6, 6.07) is 9.98. The van der Waals surface area contributed by atoms with Gasteiger partial charge in [0.1, 0.15) is 12.4 Å². The van der Waals surface area contributed by atoms with E-state index in [9.17, 15) is 0 Å². The van der Waals surface area contributed by atoms with E-state index in [4.69, 9.17) is 22.3 Å². The molecule has 6 heteroatoms. The second-order valence-electron chi connectivity index (χ2n) is 5.45. The van der Waals surface area contributed by atoms with Crippen molar-refractivity contribution in [2.24, 2.45) is 0 Å². The van der Waals surface area contributed by atoms with E-state index < -0.39 is 10.4 Å². The predicted octanol–water partition coefficient (Wildman–Crippen LogP) is 5.11. The Morgan fingerprint density at radius 2 is 1.46 bits per heavy atom. The minimum absolute atomic E-state index is 0.681. The maximum Gasteiger partial charge on any atom is 0.394 e. The maximum absolute atomic E-state index is 8.74. The molecule has 0 amide bonds. The van der Waals surface area contributed by atoms with Crippen molar-refractivity contribution < 1.29 is 22.3 Å². The first kappa shape index (κ1) is 22.6. The first-order valence-corrected chi connectivity index (χ1v) is 9.86. The number of allylic oxidation sites excluding steroid dienone is 1. The van der Waals surface area contributed by atoms with Gasteiger partial charge in [0.25, 0.3) is 0 Å². The van der Waals surface area contributed by atoms with Gasteiger partial charge >= 0.3 is 10.4 Å². The number of rotatable bonds is 11. The molecule has 0 unspecified atom stereocenters. The molecule has 0 fully saturated rings. The Kier molecular flexibility index (Phi) is 14.3. The van der Waals surface area contributed by atoms with Gasteiger partial charge in [-0.05, 0) is 25.0 Å². The monoisotopic (exact) mass is 358 g/mol. The fourth-order valence-corrected chi connectivity index (χ4v) is 2.07. The van der Waals surface area contributed by atoms with Crippen molar-refractivity contribution in [1.82, 2.24) is 0 Å². The molecular weight excluding hydrogens is 328 g/mol. The highest BCUT2D eigenvalue weighted by atomic mass is 32.3. The minimum atomic E-state index is -4.67. The van der Waals surface area contributed by atoms with Crippen molar-refractivity contribution in [3.63, 3.8) is 0 Å². The van der Waals surface area contributed by atoms with Crippen LogP contribution >= 0.6 is 0 Å². The Morgan fingerprint density at radius 3 is 2.04 bits per heavy atom. The Hall–Kier alpha value is -1.37. The lowest BCUT2D eigenvalue weighted by molar-refractivity contribution is 0.362. The maximum atomic E-state index is 8.74. The average molecular weight is 359 g/mol. The van der Waals surface area contributed by atoms with Crippen molar-refractivity contribution in [2.75, 3.05) is 6.61 Å². The van der Waals surface area contributed by atoms with Gasteiger partial charge < -0.3 is 4.74 Å². The zero-order valence-electron chi connectivity index (χ0n) is 14.4. The van der Waals surface area contributed by atoms with Gasteiger partial charge in [0.2, 0.25) is 0 Å². The Morgan fingerprint density at radius 1 is 0.917 bits per heavy atom. The van der Waals surface area contributed by atoms with Gasteiger partial charge in [-0.3, -0.25) is 9.11 Å². The smallest absolute Gasteiger partial charge is 0.394 e. The second-order valence-corrected chi connectivity index (χ2v) is 6.35. The molecule has 0 saturated heterocycles. The zero-order chi connectivity index (χ0) is 18.1. The summed E-state index contributed by atoms with van der Waals surface area (Å²) in [5.74, 6) is 0.947. The highest BCUT2D eigenvalue weighted by Crippen LogP contribution is 2.09. The molecule has 1 rings (SSSR count). The molecule has 138 valence electrons. The summed E-state index contributed by atoms with van der Waals surface area (Å²) < 4.78 is 37.2. The van der Waals surface area contributed by atoms with Gasteiger partial charge in [-0.1, -0.05) is 75.8 Å². The first-order valence-electron chi connectivity index (χ1n) is 8.46. The molecule has 0 heterocycles. The van der Waals surface area contributed by atoms with Crippen LogP contribution in [0.4, 0.5) is 0 Å². The minimum Gasteiger partial charge on any atom is -0.490 e. The Labute approximate surface area is 146 Å². The van der Waals surface area contributed by atoms with E-state index in [1.165, 1.54) is 51.4 Å². The topological polar surface area (TPSA) is 83.8 Å². The molecule has 0 atom stereocenters. The lowest BCUT2D eigenvalue weighted by Gasteiger charge is -2.01. The van der Waals surface area contributed by atoms with E-state index in [1.54, 1.807) is 0 Å². The molecule has 0 aliphatic carbocycles. The summed E-state index contributed by atoms with van der Waals surface area (Å²) in [6.07, 6.45) is 15.2. The van der Waals surface area contributed by atoms with Crippen LogP contribution in [-0.4, -0.2) is 24.1 Å². The number of unbranched alkanes of at least 4 members (excludes halogenated alkanes) is 7. The van der Waals surface area contributed by atoms with Gasteiger partial charge in [-0.15, -0.1) is 0 Å². The SMILES string of the molecule is CCCCCCCCCC=CCOc1ccccc1.O=S(=O)(O)O. The predicted molar refractivity (Wildman–Crippen MR) is 97.9 cm³/mol. The molecule has 1 aromatic rings. The van der Waals surface area contributed by atoms with Crippen LogP contribution in [0.5, 0.6) is 5.75 Å². The quantitative estimate of drug-likeness (QED) is 0.326. The summed E-state index contributed by atoms with van der Waals surface area (Å²) in [5.41, 5.74) is 0. The van der Waals surface area contributed by atoms with Crippen molar-refractivity contribution in [1.29, 1.82) is 0 Å². The highest BCUT2D eigenvalue weighted by Gasteiger charge is 1.90. The summed E-state index contributed by atoms with van der Waals surface area (Å²) in [7, 11) is -4.67. The molecule has 5 nitrogen and oxygen atoms in total. The van der Waals surface area contributed by atoms with E-state index in [0.29, 0.717) is 6.61 Å². The fourth-order valence-electron chi connectivity index (χ4n) is 2.07. The molecular formula is C18H30O5S. The van der Waals surface area contributed by atoms with Crippen LogP contribution in [0, 0.1) is 0 Å². The Balaban J connectivity index is 0.000000922. The van der Waals surface area contributed by atoms with E-state index in [0.717, 1.165) is 5.75 Å². The standard InChI is InChI=1S/C18H28O.H2O4S/c1-2-3-4-5-6-7-8-9-10-14-17-19-18-15-12-11-13-16-18;1-5(2,3)4/h10-16H,2-9,17H2,1H3;(H2,1,2,3,4). The molecule has 24 heavy (non-hydrogen) atoms. The molecule has 0 aliphatic rings. The highest BCUT2D eigenvalue weighted by molar-refractivity contribution is 7.79. The number of benzene rings is 1. The van der Waals surface area contributed by atoms with Gasteiger partial charge in [-0.25, -0.2) is 0 Å². The normalized spacial score (nSPS) is 11.1. The molecule has 1 aromatic carbocycles. The molecule has 0 saturated carbocycles. The van der Waals surface area contributed by atoms with Gasteiger partial charge in [0.15, 0.2) is 0 Å². The molecule has 0 aliphatic heterocycles. The third-order valence-corrected chi connectivity index (χ3v) is 3.23. The number of para-hydroxylation sites is 1. The van der Waals surface area contributed by atoms with Crippen molar-refractivity contribution in [3.8, 4) is 5.75 Å². The van der Waals surface area contributed by atoms with Crippen molar-refractivity contribution in [2.45, 2.75) is 58.3 Å². The third kappa shape index (κ3) is 20.6. The van der Waals surface area contributed by atoms with Crippen LogP contribution in [0.3, 0.4) is 0 Å². The van der Waals surface area contributed by atoms with Gasteiger partial charge in [-0.2, -0.15) is 8.42 Å². The number of hydrogen-bond acceptors (Lipinski definition) is 3. The second kappa shape index (κ2) is 15.2. The van der Waals surface area contributed by atoms with Crippen LogP contribution in [0.25, 0.3) is 0 Å². The Bertz CT molecular complexity index is 503. The fraction of sp³-hybridized carbons (Fsp3) is 0.556. The van der Waals surface area contributed by atoms with Crippen LogP contribution in [0.1, 0.15) is 58.3 Å². The van der Waals surface area contributed by atoms with E-state index in [1.807, 2.05) is 30.3 Å². The third-order valence-electron chi connectivity index (χ3n) is 3.23. The average Bonchev–Trinajstić information content (AvgIpc) is 2.52. The van der Waals surface area contributed by atoms with E-state index in [-0.39, 0.29) is 0 Å². The summed E-state index contributed by atoms with van der Waals surface area (Å²) in [5, 5.41) is 0. The summed E-state index contributed by atoms with van der Waals surface area (Å²) in [6.45, 7) is 2.95. The van der Waals surface area contributed by atoms with E-state index >= 15 is 0 Å². The first-order chi connectivity index (χ1) is 11.4. The zero-order valence-corrected chi connectivity index (χ0v) is 15.2. The van der Waals surface area contributed by atoms with E-state index in [2.05, 4.69) is 19.1 Å². The van der Waals surface area contributed by atoms with Crippen molar-refractivity contribution in [3.05, 3.63) is 42.5 Å². The lowest BCUT2D eigenvalue weighted by atomic mass is 10.1. The lowest BCUT2D eigenvalue weighted by Crippen LogP contribution is -1.92. The molecule has 0 spiro atoms. The van der Waals surface area contributed by atoms with Gasteiger partial charge in [0.05, 0.1) is 0 Å². The molecule has 0 radical (unpaired) electrons. The van der Waals surface area contributed by atoms with Crippen LogP contribution < -0.4 is 4.74 Å². The van der Waals surface area contributed by atoms with Crippen LogP contribution in [0.15, 0.2) is 42.5 Å². The summed E-state index contributed by atoms with van der Waals surface area (Å²) >= 11 is 0. The summed E-state index contributed by atoms with van der Waals surface area (Å²) in [4.78, 5) is 0. The number of hydrogen-bond donors (Lipinski definition) is 2.